The fourth-order valence-electron chi connectivity index (χ4n) is 1.79. The van der Waals surface area contributed by atoms with Gasteiger partial charge in [-0.2, -0.15) is 4.39 Å². The number of halogens is 3. The Morgan fingerprint density at radius 1 is 1.14 bits per heavy atom. The predicted octanol–water partition coefficient (Wildman–Crippen LogP) is 4.19. The Morgan fingerprint density at radius 3 is 2.48 bits per heavy atom. The first-order chi connectivity index (χ1) is 10.0. The molecule has 0 unspecified atom stereocenters. The van der Waals surface area contributed by atoms with Crippen molar-refractivity contribution in [3.8, 4) is 5.75 Å². The molecule has 0 atom stereocenters. The van der Waals surface area contributed by atoms with Crippen LogP contribution in [-0.2, 0) is 12.5 Å². The van der Waals surface area contributed by atoms with Gasteiger partial charge in [0.05, 0.1) is 10.8 Å². The van der Waals surface area contributed by atoms with Crippen molar-refractivity contribution in [2.45, 2.75) is 12.5 Å². The summed E-state index contributed by atoms with van der Waals surface area (Å²) in [5, 5.41) is 10.7. The summed E-state index contributed by atoms with van der Waals surface area (Å²) < 4.78 is 32.8. The van der Waals surface area contributed by atoms with E-state index in [0.717, 1.165) is 6.07 Å². The van der Waals surface area contributed by atoms with Crippen LogP contribution >= 0.6 is 11.6 Å². The second kappa shape index (κ2) is 6.49. The minimum Gasteiger partial charge on any atom is -0.485 e. The molecule has 110 valence electrons. The molecule has 2 aromatic rings. The van der Waals surface area contributed by atoms with Crippen LogP contribution in [0, 0.1) is 21.7 Å². The largest absolute Gasteiger partial charge is 0.485 e. The molecule has 0 N–H and O–H groups in total. The van der Waals surface area contributed by atoms with E-state index in [2.05, 4.69) is 0 Å². The minimum absolute atomic E-state index is 0.0323. The molecular weight excluding hydrogens is 304 g/mol. The number of ether oxygens (including phenoxy) is 1. The van der Waals surface area contributed by atoms with Crippen molar-refractivity contribution in [3.63, 3.8) is 0 Å². The first-order valence-corrected chi connectivity index (χ1v) is 6.46. The number of alkyl halides is 1. The Bertz CT molecular complexity index is 679. The van der Waals surface area contributed by atoms with Crippen molar-refractivity contribution < 1.29 is 18.4 Å². The van der Waals surface area contributed by atoms with Crippen LogP contribution in [0.1, 0.15) is 11.1 Å². The van der Waals surface area contributed by atoms with Crippen LogP contribution < -0.4 is 4.74 Å². The number of rotatable bonds is 5. The van der Waals surface area contributed by atoms with Gasteiger partial charge in [-0.15, -0.1) is 11.6 Å². The summed E-state index contributed by atoms with van der Waals surface area (Å²) in [5.74, 6) is -1.67. The Hall–Kier alpha value is -2.21. The zero-order valence-corrected chi connectivity index (χ0v) is 11.4. The predicted molar refractivity (Wildman–Crippen MR) is 73.3 cm³/mol. The average Bonchev–Trinajstić information content (AvgIpc) is 2.46. The number of para-hydroxylation sites is 1. The molecule has 21 heavy (non-hydrogen) atoms. The maximum atomic E-state index is 13.9. The van der Waals surface area contributed by atoms with Crippen LogP contribution in [0.5, 0.6) is 5.75 Å². The van der Waals surface area contributed by atoms with Crippen LogP contribution in [0.4, 0.5) is 14.5 Å². The highest BCUT2D eigenvalue weighted by atomic mass is 35.5. The minimum atomic E-state index is -0.994. The smallest absolute Gasteiger partial charge is 0.305 e. The van der Waals surface area contributed by atoms with Gasteiger partial charge in [-0.1, -0.05) is 24.3 Å². The Labute approximate surface area is 124 Å². The monoisotopic (exact) mass is 313 g/mol. The van der Waals surface area contributed by atoms with Crippen molar-refractivity contribution >= 4 is 17.3 Å². The van der Waals surface area contributed by atoms with Crippen molar-refractivity contribution in [2.24, 2.45) is 0 Å². The lowest BCUT2D eigenvalue weighted by molar-refractivity contribution is -0.387. The molecule has 0 amide bonds. The SMILES string of the molecule is O=[N+]([O-])c1cccc(COc2c(F)cccc2CCl)c1F. The third kappa shape index (κ3) is 3.28. The second-order valence-corrected chi connectivity index (χ2v) is 4.43. The highest BCUT2D eigenvalue weighted by Crippen LogP contribution is 2.27. The van der Waals surface area contributed by atoms with E-state index >= 15 is 0 Å². The molecule has 0 radical (unpaired) electrons. The lowest BCUT2D eigenvalue weighted by Gasteiger charge is -2.11. The third-order valence-electron chi connectivity index (χ3n) is 2.82. The highest BCUT2D eigenvalue weighted by Gasteiger charge is 2.18. The van der Waals surface area contributed by atoms with Crippen molar-refractivity contribution in [2.75, 3.05) is 0 Å². The molecule has 0 saturated heterocycles. The number of benzene rings is 2. The summed E-state index contributed by atoms with van der Waals surface area (Å²) >= 11 is 5.67. The van der Waals surface area contributed by atoms with Crippen LogP contribution in [0.2, 0.25) is 0 Å². The normalized spacial score (nSPS) is 10.4. The van der Waals surface area contributed by atoms with E-state index in [9.17, 15) is 18.9 Å². The molecule has 0 heterocycles. The summed E-state index contributed by atoms with van der Waals surface area (Å²) in [7, 11) is 0. The summed E-state index contributed by atoms with van der Waals surface area (Å²) in [5.41, 5.74) is -0.266. The number of nitro groups is 1. The van der Waals surface area contributed by atoms with Crippen molar-refractivity contribution in [1.82, 2.24) is 0 Å². The summed E-state index contributed by atoms with van der Waals surface area (Å²) in [6, 6.07) is 7.97. The molecule has 0 aromatic heterocycles. The van der Waals surface area contributed by atoms with E-state index < -0.39 is 22.2 Å². The molecule has 4 nitrogen and oxygen atoms in total. The van der Waals surface area contributed by atoms with E-state index in [-0.39, 0.29) is 23.8 Å². The van der Waals surface area contributed by atoms with E-state index in [4.69, 9.17) is 16.3 Å². The third-order valence-corrected chi connectivity index (χ3v) is 3.11. The molecule has 7 heteroatoms. The molecular formula is C14H10ClF2NO3. The van der Waals surface area contributed by atoms with Crippen molar-refractivity contribution in [3.05, 3.63) is 69.3 Å². The Kier molecular flexibility index (Phi) is 4.70. The average molecular weight is 314 g/mol. The second-order valence-electron chi connectivity index (χ2n) is 4.16. The molecule has 0 aliphatic rings. The zero-order valence-electron chi connectivity index (χ0n) is 10.7. The highest BCUT2D eigenvalue weighted by molar-refractivity contribution is 6.17. The van der Waals surface area contributed by atoms with Crippen LogP contribution in [-0.4, -0.2) is 4.92 Å². The van der Waals surface area contributed by atoms with E-state index in [1.165, 1.54) is 24.3 Å². The van der Waals surface area contributed by atoms with Gasteiger partial charge in [0, 0.05) is 17.2 Å². The molecule has 2 aromatic carbocycles. The summed E-state index contributed by atoms with van der Waals surface area (Å²) in [6.45, 7) is -0.335. The van der Waals surface area contributed by atoms with Gasteiger partial charge < -0.3 is 4.74 Å². The number of nitro benzene ring substituents is 1. The summed E-state index contributed by atoms with van der Waals surface area (Å²) in [6.07, 6.45) is 0. The summed E-state index contributed by atoms with van der Waals surface area (Å²) in [4.78, 5) is 9.82. The zero-order chi connectivity index (χ0) is 15.4. The molecule has 2 rings (SSSR count). The molecule has 0 aliphatic heterocycles. The Morgan fingerprint density at radius 2 is 1.81 bits per heavy atom. The number of nitrogens with zero attached hydrogens (tertiary/aromatic N) is 1. The lowest BCUT2D eigenvalue weighted by atomic mass is 10.2. The van der Waals surface area contributed by atoms with Gasteiger partial charge in [-0.25, -0.2) is 4.39 Å². The molecule has 0 spiro atoms. The fraction of sp³-hybridized carbons (Fsp3) is 0.143. The number of hydrogen-bond acceptors (Lipinski definition) is 3. The van der Waals surface area contributed by atoms with E-state index in [0.29, 0.717) is 5.56 Å². The number of hydrogen-bond donors (Lipinski definition) is 0. The van der Waals surface area contributed by atoms with E-state index in [1.54, 1.807) is 6.07 Å². The molecule has 0 saturated carbocycles. The fourth-order valence-corrected chi connectivity index (χ4v) is 2.00. The van der Waals surface area contributed by atoms with Crippen LogP contribution in [0.15, 0.2) is 36.4 Å². The van der Waals surface area contributed by atoms with Gasteiger partial charge in [-0.3, -0.25) is 10.1 Å². The first-order valence-electron chi connectivity index (χ1n) is 5.92. The van der Waals surface area contributed by atoms with Crippen molar-refractivity contribution in [1.29, 1.82) is 0 Å². The van der Waals surface area contributed by atoms with E-state index in [1.807, 2.05) is 0 Å². The standard InChI is InChI=1S/C14H10ClF2NO3/c15-7-9-3-1-5-11(16)14(9)21-8-10-4-2-6-12(13(10)17)18(19)20/h1-6H,7-8H2. The van der Waals surface area contributed by atoms with Crippen LogP contribution in [0.25, 0.3) is 0 Å². The molecule has 0 fully saturated rings. The Balaban J connectivity index is 2.25. The van der Waals surface area contributed by atoms with Gasteiger partial charge >= 0.3 is 5.69 Å². The first kappa shape index (κ1) is 15.2. The lowest BCUT2D eigenvalue weighted by Crippen LogP contribution is -2.04. The van der Waals surface area contributed by atoms with Gasteiger partial charge in [0.1, 0.15) is 6.61 Å². The topological polar surface area (TPSA) is 52.4 Å². The van der Waals surface area contributed by atoms with Gasteiger partial charge in [0.15, 0.2) is 11.6 Å². The molecule has 0 aliphatic carbocycles. The van der Waals surface area contributed by atoms with Gasteiger partial charge in [0.25, 0.3) is 0 Å². The maximum Gasteiger partial charge on any atom is 0.305 e. The van der Waals surface area contributed by atoms with Crippen LogP contribution in [0.3, 0.4) is 0 Å². The van der Waals surface area contributed by atoms with Gasteiger partial charge in [-0.05, 0) is 6.07 Å². The maximum absolute atomic E-state index is 13.9. The van der Waals surface area contributed by atoms with Gasteiger partial charge in [0.2, 0.25) is 5.82 Å². The molecule has 0 bridgehead atoms. The quantitative estimate of drug-likeness (QED) is 0.472.